The molecule has 0 spiro atoms. The van der Waals surface area contributed by atoms with Crippen molar-refractivity contribution in [3.8, 4) is 11.5 Å². The summed E-state index contributed by atoms with van der Waals surface area (Å²) in [6.07, 6.45) is -3.31. The van der Waals surface area contributed by atoms with Gasteiger partial charge in [-0.25, -0.2) is 0 Å². The number of hydrogen-bond acceptors (Lipinski definition) is 2. The van der Waals surface area contributed by atoms with E-state index in [1.165, 1.54) is 18.2 Å². The van der Waals surface area contributed by atoms with Crippen LogP contribution < -0.4 is 4.74 Å². The van der Waals surface area contributed by atoms with Crippen LogP contribution in [0, 0.1) is 0 Å². The molecule has 0 saturated heterocycles. The second-order valence-corrected chi connectivity index (χ2v) is 4.62. The fourth-order valence-corrected chi connectivity index (χ4v) is 2.11. The minimum Gasteiger partial charge on any atom is -0.454 e. The monoisotopic (exact) mass is 297 g/mol. The molecule has 1 aliphatic rings. The summed E-state index contributed by atoms with van der Waals surface area (Å²) in [5.74, 6) is 0.480. The zero-order valence-electron chi connectivity index (χ0n) is 9.91. The van der Waals surface area contributed by atoms with E-state index in [9.17, 15) is 13.2 Å². The van der Waals surface area contributed by atoms with Gasteiger partial charge in [0.1, 0.15) is 11.4 Å². The maximum atomic E-state index is 13.0. The molecule has 1 aliphatic heterocycles. The largest absolute Gasteiger partial charge is 0.454 e. The Balaban J connectivity index is 2.18. The van der Waals surface area contributed by atoms with E-state index in [1.54, 1.807) is 12.1 Å². The molecule has 0 bridgehead atoms. The Morgan fingerprint density at radius 3 is 2.60 bits per heavy atom. The number of ether oxygens (including phenoxy) is 1. The van der Waals surface area contributed by atoms with Gasteiger partial charge in [-0.15, -0.1) is 0 Å². The molecule has 2 nitrogen and oxygen atoms in total. The molecule has 2 aromatic carbocycles. The summed E-state index contributed by atoms with van der Waals surface area (Å²) in [6, 6.07) is 8.47. The van der Waals surface area contributed by atoms with Crippen LogP contribution in [0.3, 0.4) is 0 Å². The van der Waals surface area contributed by atoms with E-state index >= 15 is 0 Å². The first-order valence-corrected chi connectivity index (χ1v) is 6.04. The van der Waals surface area contributed by atoms with Crippen molar-refractivity contribution >= 4 is 23.5 Å². The third-order valence-corrected chi connectivity index (χ3v) is 3.08. The summed E-state index contributed by atoms with van der Waals surface area (Å²) >= 11 is 5.84. The maximum Gasteiger partial charge on any atom is 0.417 e. The molecule has 0 fully saturated rings. The molecule has 0 N–H and O–H groups in total. The molecule has 0 atom stereocenters. The summed E-state index contributed by atoms with van der Waals surface area (Å²) in [5.41, 5.74) is -0.480. The lowest BCUT2D eigenvalue weighted by atomic mass is 10.1. The molecule has 0 amide bonds. The Bertz CT molecular complexity index is 710. The minimum absolute atomic E-state index is 0.0904. The topological polar surface area (TPSA) is 21.6 Å². The fourth-order valence-electron chi connectivity index (χ4n) is 1.94. The lowest BCUT2D eigenvalue weighted by Gasteiger charge is -2.13. The number of aliphatic imine (C=N–C) groups is 1. The van der Waals surface area contributed by atoms with Crippen LogP contribution in [0.5, 0.6) is 11.5 Å². The molecule has 0 radical (unpaired) electrons. The van der Waals surface area contributed by atoms with Crippen molar-refractivity contribution in [3.05, 3.63) is 52.5 Å². The quantitative estimate of drug-likeness (QED) is 0.558. The van der Waals surface area contributed by atoms with Crippen LogP contribution >= 0.6 is 11.6 Å². The van der Waals surface area contributed by atoms with Crippen molar-refractivity contribution in [1.29, 1.82) is 0 Å². The van der Waals surface area contributed by atoms with Crippen molar-refractivity contribution in [3.63, 3.8) is 0 Å². The van der Waals surface area contributed by atoms with E-state index in [0.717, 1.165) is 12.3 Å². The second kappa shape index (κ2) is 4.52. The maximum absolute atomic E-state index is 13.0. The number of alkyl halides is 3. The molecule has 0 aromatic heterocycles. The van der Waals surface area contributed by atoms with Crippen molar-refractivity contribution in [2.45, 2.75) is 6.18 Å². The first kappa shape index (κ1) is 13.0. The Morgan fingerprint density at radius 1 is 1.05 bits per heavy atom. The molecule has 3 rings (SSSR count). The lowest BCUT2D eigenvalue weighted by Crippen LogP contribution is -2.09. The van der Waals surface area contributed by atoms with Crippen molar-refractivity contribution in [2.24, 2.45) is 4.99 Å². The first-order chi connectivity index (χ1) is 9.45. The van der Waals surface area contributed by atoms with Gasteiger partial charge in [0.15, 0.2) is 5.75 Å². The van der Waals surface area contributed by atoms with Crippen molar-refractivity contribution in [1.82, 2.24) is 0 Å². The Morgan fingerprint density at radius 2 is 1.85 bits per heavy atom. The van der Waals surface area contributed by atoms with Gasteiger partial charge < -0.3 is 4.74 Å². The van der Waals surface area contributed by atoms with E-state index in [-0.39, 0.29) is 11.3 Å². The SMILES string of the molecule is FC(F)(F)c1cccc2c1C=Nc1cc(Cl)ccc1O2. The highest BCUT2D eigenvalue weighted by Crippen LogP contribution is 2.41. The van der Waals surface area contributed by atoms with Gasteiger partial charge in [0.2, 0.25) is 0 Å². The standard InChI is InChI=1S/C14H7ClF3NO/c15-8-4-5-13-11(6-8)19-7-9-10(14(16,17)18)2-1-3-12(9)20-13/h1-7H. The molecular formula is C14H7ClF3NO. The average Bonchev–Trinajstić information content (AvgIpc) is 2.56. The molecule has 6 heteroatoms. The average molecular weight is 298 g/mol. The Labute approximate surface area is 117 Å². The zero-order chi connectivity index (χ0) is 14.3. The predicted octanol–water partition coefficient (Wildman–Crippen LogP) is 5.22. The van der Waals surface area contributed by atoms with Crippen LogP contribution in [0.1, 0.15) is 11.1 Å². The fraction of sp³-hybridized carbons (Fsp3) is 0.0714. The summed E-state index contributed by atoms with van der Waals surface area (Å²) in [6.45, 7) is 0. The third kappa shape index (κ3) is 2.25. The number of rotatable bonds is 0. The van der Waals surface area contributed by atoms with E-state index in [1.807, 2.05) is 0 Å². The Kier molecular flexibility index (Phi) is 2.94. The Hall–Kier alpha value is -2.01. The number of benzene rings is 2. The number of nitrogens with zero attached hydrogens (tertiary/aromatic N) is 1. The minimum atomic E-state index is -4.46. The number of halogens is 4. The van der Waals surface area contributed by atoms with Crippen LogP contribution in [-0.2, 0) is 6.18 Å². The van der Waals surface area contributed by atoms with Gasteiger partial charge in [0.25, 0.3) is 0 Å². The molecule has 0 unspecified atom stereocenters. The van der Waals surface area contributed by atoms with Crippen molar-refractivity contribution in [2.75, 3.05) is 0 Å². The van der Waals surface area contributed by atoms with Crippen LogP contribution in [0.4, 0.5) is 18.9 Å². The first-order valence-electron chi connectivity index (χ1n) is 5.67. The van der Waals surface area contributed by atoms with Gasteiger partial charge in [0, 0.05) is 16.8 Å². The third-order valence-electron chi connectivity index (χ3n) is 2.85. The van der Waals surface area contributed by atoms with Gasteiger partial charge in [0.05, 0.1) is 5.56 Å². The molecular weight excluding hydrogens is 291 g/mol. The number of hydrogen-bond donors (Lipinski definition) is 0. The summed E-state index contributed by atoms with van der Waals surface area (Å²) < 4.78 is 44.4. The van der Waals surface area contributed by atoms with Crippen LogP contribution in [-0.4, -0.2) is 6.21 Å². The molecule has 20 heavy (non-hydrogen) atoms. The van der Waals surface area contributed by atoms with Gasteiger partial charge in [-0.2, -0.15) is 13.2 Å². The van der Waals surface area contributed by atoms with Crippen LogP contribution in [0.25, 0.3) is 0 Å². The number of fused-ring (bicyclic) bond motifs is 2. The van der Waals surface area contributed by atoms with Gasteiger partial charge in [-0.1, -0.05) is 17.7 Å². The normalized spacial score (nSPS) is 13.2. The lowest BCUT2D eigenvalue weighted by molar-refractivity contribution is -0.137. The smallest absolute Gasteiger partial charge is 0.417 e. The van der Waals surface area contributed by atoms with E-state index in [4.69, 9.17) is 16.3 Å². The van der Waals surface area contributed by atoms with Crippen LogP contribution in [0.15, 0.2) is 41.4 Å². The highest BCUT2D eigenvalue weighted by molar-refractivity contribution is 6.30. The zero-order valence-corrected chi connectivity index (χ0v) is 10.7. The molecule has 1 heterocycles. The summed E-state index contributed by atoms with van der Waals surface area (Å²) in [4.78, 5) is 4.03. The molecule has 0 saturated carbocycles. The van der Waals surface area contributed by atoms with Gasteiger partial charge in [-0.3, -0.25) is 4.99 Å². The molecule has 2 aromatic rings. The molecule has 102 valence electrons. The summed E-state index contributed by atoms with van der Waals surface area (Å²) in [7, 11) is 0. The molecule has 0 aliphatic carbocycles. The second-order valence-electron chi connectivity index (χ2n) is 4.19. The van der Waals surface area contributed by atoms with E-state index in [0.29, 0.717) is 16.5 Å². The predicted molar refractivity (Wildman–Crippen MR) is 70.2 cm³/mol. The van der Waals surface area contributed by atoms with Gasteiger partial charge in [-0.05, 0) is 30.3 Å². The van der Waals surface area contributed by atoms with E-state index in [2.05, 4.69) is 4.99 Å². The highest BCUT2D eigenvalue weighted by atomic mass is 35.5. The van der Waals surface area contributed by atoms with E-state index < -0.39 is 11.7 Å². The highest BCUT2D eigenvalue weighted by Gasteiger charge is 2.34. The van der Waals surface area contributed by atoms with Crippen molar-refractivity contribution < 1.29 is 17.9 Å². The summed E-state index contributed by atoms with van der Waals surface area (Å²) in [5, 5.41) is 0.437. The van der Waals surface area contributed by atoms with Crippen LogP contribution in [0.2, 0.25) is 5.02 Å². The van der Waals surface area contributed by atoms with Gasteiger partial charge >= 0.3 is 6.18 Å².